The largest absolute Gasteiger partial charge is 0.497 e. The zero-order valence-corrected chi connectivity index (χ0v) is 17.2. The van der Waals surface area contributed by atoms with Crippen molar-refractivity contribution in [2.45, 2.75) is 38.5 Å². The molecule has 29 heavy (non-hydrogen) atoms. The number of methoxy groups -OCH3 is 1. The number of ether oxygens (including phenoxy) is 1. The van der Waals surface area contributed by atoms with Crippen LogP contribution in [0.3, 0.4) is 0 Å². The van der Waals surface area contributed by atoms with Crippen LogP contribution in [0.25, 0.3) is 0 Å². The molecule has 0 amide bonds. The van der Waals surface area contributed by atoms with E-state index in [1.54, 1.807) is 13.3 Å². The molecule has 2 saturated heterocycles. The standard InChI is InChI=1S/C22H30N6O/c1-29-19-10-8-18(9-11-19)17-23-26-20-16-21(27-12-4-2-5-13-27)25-22(24-20)28-14-6-3-7-15-28/h8-11,16-17H,2-7,12-15H2,1H3,(H,24,25,26). The van der Waals surface area contributed by atoms with Crippen molar-refractivity contribution in [3.63, 3.8) is 0 Å². The average Bonchev–Trinajstić information content (AvgIpc) is 2.80. The second kappa shape index (κ2) is 9.58. The summed E-state index contributed by atoms with van der Waals surface area (Å²) in [5, 5.41) is 4.40. The number of hydrogen-bond donors (Lipinski definition) is 1. The molecule has 7 nitrogen and oxygen atoms in total. The summed E-state index contributed by atoms with van der Waals surface area (Å²) in [5.41, 5.74) is 4.11. The smallest absolute Gasteiger partial charge is 0.229 e. The number of anilines is 3. The summed E-state index contributed by atoms with van der Waals surface area (Å²) < 4.78 is 5.20. The van der Waals surface area contributed by atoms with Gasteiger partial charge in [0.05, 0.1) is 13.3 Å². The fourth-order valence-electron chi connectivity index (χ4n) is 3.86. The Kier molecular flexibility index (Phi) is 6.44. The Morgan fingerprint density at radius 2 is 1.55 bits per heavy atom. The van der Waals surface area contributed by atoms with E-state index >= 15 is 0 Å². The number of nitrogens with zero attached hydrogens (tertiary/aromatic N) is 5. The molecule has 7 heteroatoms. The van der Waals surface area contributed by atoms with Crippen LogP contribution in [0.4, 0.5) is 17.6 Å². The highest BCUT2D eigenvalue weighted by atomic mass is 16.5. The molecule has 154 valence electrons. The van der Waals surface area contributed by atoms with E-state index in [9.17, 15) is 0 Å². The Bertz CT molecular complexity index is 774. The van der Waals surface area contributed by atoms with E-state index in [0.717, 1.165) is 55.1 Å². The molecule has 2 aliphatic heterocycles. The first kappa shape index (κ1) is 19.5. The molecule has 0 saturated carbocycles. The highest BCUT2D eigenvalue weighted by molar-refractivity contribution is 5.80. The second-order valence-corrected chi connectivity index (χ2v) is 7.65. The molecule has 0 aliphatic carbocycles. The van der Waals surface area contributed by atoms with E-state index in [1.807, 2.05) is 30.3 Å². The first-order valence-electron chi connectivity index (χ1n) is 10.6. The summed E-state index contributed by atoms with van der Waals surface area (Å²) in [6, 6.07) is 9.82. The quantitative estimate of drug-likeness (QED) is 0.592. The molecule has 2 aromatic rings. The number of rotatable bonds is 6. The van der Waals surface area contributed by atoms with Crippen molar-refractivity contribution in [1.82, 2.24) is 9.97 Å². The predicted octanol–water partition coefficient (Wildman–Crippen LogP) is 3.91. The third-order valence-corrected chi connectivity index (χ3v) is 5.53. The van der Waals surface area contributed by atoms with Crippen LogP contribution in [0.15, 0.2) is 35.4 Å². The molecule has 0 spiro atoms. The minimum atomic E-state index is 0.742. The third-order valence-electron chi connectivity index (χ3n) is 5.53. The number of hydrazone groups is 1. The van der Waals surface area contributed by atoms with Crippen molar-refractivity contribution >= 4 is 23.8 Å². The summed E-state index contributed by atoms with van der Waals surface area (Å²) in [7, 11) is 1.67. The van der Waals surface area contributed by atoms with Crippen LogP contribution in [-0.2, 0) is 0 Å². The lowest BCUT2D eigenvalue weighted by molar-refractivity contribution is 0.415. The molecular formula is C22H30N6O. The van der Waals surface area contributed by atoms with Gasteiger partial charge in [-0.15, -0.1) is 0 Å². The van der Waals surface area contributed by atoms with Gasteiger partial charge in [0, 0.05) is 32.2 Å². The van der Waals surface area contributed by atoms with Crippen LogP contribution in [0.2, 0.25) is 0 Å². The van der Waals surface area contributed by atoms with E-state index in [1.165, 1.54) is 38.5 Å². The minimum Gasteiger partial charge on any atom is -0.497 e. The summed E-state index contributed by atoms with van der Waals surface area (Å²) in [4.78, 5) is 14.3. The maximum atomic E-state index is 5.20. The normalized spacial score (nSPS) is 17.6. The molecule has 1 N–H and O–H groups in total. The number of benzene rings is 1. The van der Waals surface area contributed by atoms with Gasteiger partial charge in [0.25, 0.3) is 0 Å². The molecule has 3 heterocycles. The second-order valence-electron chi connectivity index (χ2n) is 7.65. The molecule has 0 unspecified atom stereocenters. The lowest BCUT2D eigenvalue weighted by Gasteiger charge is -2.31. The molecule has 1 aromatic carbocycles. The molecule has 1 aromatic heterocycles. The van der Waals surface area contributed by atoms with Crippen molar-refractivity contribution in [2.24, 2.45) is 5.10 Å². The van der Waals surface area contributed by atoms with Gasteiger partial charge in [-0.2, -0.15) is 15.1 Å². The van der Waals surface area contributed by atoms with Crippen molar-refractivity contribution in [2.75, 3.05) is 48.5 Å². The average molecular weight is 395 g/mol. The number of hydrogen-bond acceptors (Lipinski definition) is 7. The van der Waals surface area contributed by atoms with Gasteiger partial charge >= 0.3 is 0 Å². The van der Waals surface area contributed by atoms with E-state index < -0.39 is 0 Å². The Hall–Kier alpha value is -2.83. The maximum Gasteiger partial charge on any atom is 0.229 e. The lowest BCUT2D eigenvalue weighted by atomic mass is 10.1. The first-order chi connectivity index (χ1) is 14.3. The van der Waals surface area contributed by atoms with Gasteiger partial charge < -0.3 is 14.5 Å². The van der Waals surface area contributed by atoms with Crippen LogP contribution >= 0.6 is 0 Å². The Balaban J connectivity index is 1.52. The van der Waals surface area contributed by atoms with Crippen LogP contribution in [0.5, 0.6) is 5.75 Å². The summed E-state index contributed by atoms with van der Waals surface area (Å²) in [5.74, 6) is 3.39. The number of nitrogens with one attached hydrogen (secondary N) is 1. The summed E-state index contributed by atoms with van der Waals surface area (Å²) in [6.07, 6.45) is 9.24. The van der Waals surface area contributed by atoms with Crippen LogP contribution in [-0.4, -0.2) is 49.5 Å². The molecule has 2 fully saturated rings. The van der Waals surface area contributed by atoms with Gasteiger partial charge in [0.2, 0.25) is 5.95 Å². The first-order valence-corrected chi connectivity index (χ1v) is 10.6. The fraction of sp³-hybridized carbons (Fsp3) is 0.500. The van der Waals surface area contributed by atoms with Gasteiger partial charge in [-0.3, -0.25) is 5.43 Å². The van der Waals surface area contributed by atoms with E-state index in [4.69, 9.17) is 14.7 Å². The van der Waals surface area contributed by atoms with Gasteiger partial charge in [-0.05, 0) is 68.4 Å². The van der Waals surface area contributed by atoms with Gasteiger partial charge in [-0.25, -0.2) is 0 Å². The lowest BCUT2D eigenvalue weighted by Crippen LogP contribution is -2.33. The summed E-state index contributed by atoms with van der Waals surface area (Å²) in [6.45, 7) is 4.17. The molecule has 0 radical (unpaired) electrons. The topological polar surface area (TPSA) is 65.9 Å². The van der Waals surface area contributed by atoms with E-state index in [0.29, 0.717) is 0 Å². The molecule has 4 rings (SSSR count). The van der Waals surface area contributed by atoms with Gasteiger partial charge in [0.15, 0.2) is 5.82 Å². The Labute approximate surface area is 172 Å². The highest BCUT2D eigenvalue weighted by Crippen LogP contribution is 2.25. The molecular weight excluding hydrogens is 364 g/mol. The zero-order chi connectivity index (χ0) is 19.9. The third kappa shape index (κ3) is 5.16. The monoisotopic (exact) mass is 394 g/mol. The Morgan fingerprint density at radius 1 is 0.897 bits per heavy atom. The number of aromatic nitrogens is 2. The summed E-state index contributed by atoms with van der Waals surface area (Å²) >= 11 is 0. The number of piperidine rings is 2. The molecule has 0 bridgehead atoms. The molecule has 0 atom stereocenters. The zero-order valence-electron chi connectivity index (χ0n) is 17.2. The van der Waals surface area contributed by atoms with E-state index in [2.05, 4.69) is 20.3 Å². The van der Waals surface area contributed by atoms with Crippen molar-refractivity contribution < 1.29 is 4.74 Å². The highest BCUT2D eigenvalue weighted by Gasteiger charge is 2.19. The SMILES string of the molecule is COc1ccc(C=NNc2cc(N3CCCCC3)nc(N3CCCCC3)n2)cc1. The van der Waals surface area contributed by atoms with Crippen molar-refractivity contribution in [1.29, 1.82) is 0 Å². The maximum absolute atomic E-state index is 5.20. The van der Waals surface area contributed by atoms with Crippen molar-refractivity contribution in [3.8, 4) is 5.75 Å². The minimum absolute atomic E-state index is 0.742. The fourth-order valence-corrected chi connectivity index (χ4v) is 3.86. The van der Waals surface area contributed by atoms with Crippen molar-refractivity contribution in [3.05, 3.63) is 35.9 Å². The van der Waals surface area contributed by atoms with Crippen LogP contribution in [0, 0.1) is 0 Å². The predicted molar refractivity (Wildman–Crippen MR) is 118 cm³/mol. The Morgan fingerprint density at radius 3 is 2.21 bits per heavy atom. The van der Waals surface area contributed by atoms with Crippen LogP contribution < -0.4 is 20.0 Å². The van der Waals surface area contributed by atoms with E-state index in [-0.39, 0.29) is 0 Å². The molecule has 2 aliphatic rings. The van der Waals surface area contributed by atoms with Gasteiger partial charge in [0.1, 0.15) is 11.6 Å². The van der Waals surface area contributed by atoms with Gasteiger partial charge in [-0.1, -0.05) is 0 Å². The van der Waals surface area contributed by atoms with Crippen LogP contribution in [0.1, 0.15) is 44.1 Å².